The molecule has 6 aromatic carbocycles. The lowest BCUT2D eigenvalue weighted by Gasteiger charge is -2.19. The number of hydrogen-bond donors (Lipinski definition) is 0. The second kappa shape index (κ2) is 7.85. The Morgan fingerprint density at radius 1 is 0.353 bits per heavy atom. The predicted molar refractivity (Wildman–Crippen MR) is 149 cm³/mol. The largest absolute Gasteiger partial charge is 0.0616 e. The zero-order valence-electron chi connectivity index (χ0n) is 20.0. The molecular formula is C34H28. The molecule has 0 aliphatic rings. The summed E-state index contributed by atoms with van der Waals surface area (Å²) in [5.74, 6) is 0. The molecule has 6 rings (SSSR count). The highest BCUT2D eigenvalue weighted by Crippen LogP contribution is 2.37. The maximum Gasteiger partial charge on any atom is -0.00928 e. The Hall–Kier alpha value is -3.90. The fraction of sp³-hybridized carbons (Fsp3) is 0.118. The van der Waals surface area contributed by atoms with Gasteiger partial charge in [0, 0.05) is 0 Å². The molecular weight excluding hydrogens is 408 g/mol. The zero-order chi connectivity index (χ0) is 23.3. The first-order valence-corrected chi connectivity index (χ1v) is 12.0. The number of hydrogen-bond acceptors (Lipinski definition) is 0. The Balaban J connectivity index is 1.43. The van der Waals surface area contributed by atoms with Crippen LogP contribution in [-0.4, -0.2) is 0 Å². The van der Waals surface area contributed by atoms with Gasteiger partial charge in [-0.15, -0.1) is 0 Å². The van der Waals surface area contributed by atoms with Gasteiger partial charge in [0.05, 0.1) is 0 Å². The van der Waals surface area contributed by atoms with E-state index in [1.807, 2.05) is 0 Å². The van der Waals surface area contributed by atoms with Gasteiger partial charge in [0.2, 0.25) is 0 Å². The maximum absolute atomic E-state index is 2.36. The molecule has 0 heteroatoms. The van der Waals surface area contributed by atoms with Gasteiger partial charge in [-0.05, 0) is 71.6 Å². The summed E-state index contributed by atoms with van der Waals surface area (Å²) in [4.78, 5) is 0. The van der Waals surface area contributed by atoms with E-state index in [1.54, 1.807) is 0 Å². The highest BCUT2D eigenvalue weighted by atomic mass is 14.2. The summed E-state index contributed by atoms with van der Waals surface area (Å²) in [6, 6.07) is 42.4. The van der Waals surface area contributed by atoms with Gasteiger partial charge in [0.25, 0.3) is 0 Å². The molecule has 6 aromatic rings. The van der Waals surface area contributed by atoms with E-state index in [2.05, 4.69) is 136 Å². The van der Waals surface area contributed by atoms with Crippen molar-refractivity contribution in [1.82, 2.24) is 0 Å². The van der Waals surface area contributed by atoms with Crippen molar-refractivity contribution in [3.8, 4) is 22.3 Å². The van der Waals surface area contributed by atoms with Crippen molar-refractivity contribution < 1.29 is 0 Å². The van der Waals surface area contributed by atoms with Crippen molar-refractivity contribution in [2.75, 3.05) is 0 Å². The standard InChI is InChI=1S/C34H28/c1-34(2,3)27-19-16-24(17-20-27)23-12-14-25(15-13-23)26-18-21-32-30-10-5-4-8-28(30)29-9-6-7-11-31(29)33(32)22-26/h4-22H,1-3H3. The third-order valence-corrected chi connectivity index (χ3v) is 7.05. The Bertz CT molecular complexity index is 1610. The summed E-state index contributed by atoms with van der Waals surface area (Å²) in [5, 5.41) is 7.89. The molecule has 0 radical (unpaired) electrons. The summed E-state index contributed by atoms with van der Waals surface area (Å²) in [6.07, 6.45) is 0. The molecule has 0 saturated carbocycles. The van der Waals surface area contributed by atoms with Gasteiger partial charge >= 0.3 is 0 Å². The molecule has 0 spiro atoms. The SMILES string of the molecule is CC(C)(C)c1ccc(-c2ccc(-c3ccc4c5ccccc5c5ccccc5c4c3)cc2)cc1. The van der Waals surface area contributed by atoms with Crippen molar-refractivity contribution in [2.45, 2.75) is 26.2 Å². The molecule has 0 heterocycles. The summed E-state index contributed by atoms with van der Waals surface area (Å²) in [5.41, 5.74) is 6.55. The molecule has 0 aliphatic heterocycles. The molecule has 0 fully saturated rings. The lowest BCUT2D eigenvalue weighted by Crippen LogP contribution is -2.10. The van der Waals surface area contributed by atoms with E-state index in [1.165, 1.54) is 60.1 Å². The van der Waals surface area contributed by atoms with Crippen LogP contribution in [0.25, 0.3) is 54.6 Å². The second-order valence-corrected chi connectivity index (χ2v) is 10.3. The van der Waals surface area contributed by atoms with Gasteiger partial charge in [-0.3, -0.25) is 0 Å². The normalized spacial score (nSPS) is 12.0. The molecule has 0 amide bonds. The first-order chi connectivity index (χ1) is 16.5. The van der Waals surface area contributed by atoms with Crippen LogP contribution < -0.4 is 0 Å². The summed E-state index contributed by atoms with van der Waals surface area (Å²) in [7, 11) is 0. The van der Waals surface area contributed by atoms with Crippen LogP contribution >= 0.6 is 0 Å². The monoisotopic (exact) mass is 436 g/mol. The van der Waals surface area contributed by atoms with Crippen LogP contribution in [-0.2, 0) is 5.41 Å². The van der Waals surface area contributed by atoms with Crippen LogP contribution in [0.1, 0.15) is 26.3 Å². The van der Waals surface area contributed by atoms with E-state index >= 15 is 0 Å². The molecule has 0 aliphatic carbocycles. The van der Waals surface area contributed by atoms with E-state index < -0.39 is 0 Å². The van der Waals surface area contributed by atoms with Crippen LogP contribution in [0.4, 0.5) is 0 Å². The Morgan fingerprint density at radius 2 is 0.706 bits per heavy atom. The zero-order valence-corrected chi connectivity index (χ0v) is 20.0. The minimum absolute atomic E-state index is 0.175. The van der Waals surface area contributed by atoms with E-state index in [0.717, 1.165) is 0 Å². The van der Waals surface area contributed by atoms with Gasteiger partial charge in [-0.1, -0.05) is 130 Å². The lowest BCUT2D eigenvalue weighted by atomic mass is 9.86. The summed E-state index contributed by atoms with van der Waals surface area (Å²) < 4.78 is 0. The van der Waals surface area contributed by atoms with Gasteiger partial charge in [0.15, 0.2) is 0 Å². The predicted octanol–water partition coefficient (Wildman–Crippen LogP) is 9.78. The molecule has 0 nitrogen and oxygen atoms in total. The topological polar surface area (TPSA) is 0 Å². The molecule has 0 aromatic heterocycles. The first-order valence-electron chi connectivity index (χ1n) is 12.0. The fourth-order valence-electron chi connectivity index (χ4n) is 5.11. The van der Waals surface area contributed by atoms with Gasteiger partial charge < -0.3 is 0 Å². The van der Waals surface area contributed by atoms with Crippen molar-refractivity contribution >= 4 is 32.3 Å². The van der Waals surface area contributed by atoms with Crippen LogP contribution in [0, 0.1) is 0 Å². The van der Waals surface area contributed by atoms with Gasteiger partial charge in [-0.25, -0.2) is 0 Å². The van der Waals surface area contributed by atoms with Crippen LogP contribution in [0.3, 0.4) is 0 Å². The smallest absolute Gasteiger partial charge is 0.00928 e. The third-order valence-electron chi connectivity index (χ3n) is 7.05. The van der Waals surface area contributed by atoms with Crippen LogP contribution in [0.15, 0.2) is 115 Å². The number of rotatable bonds is 2. The third kappa shape index (κ3) is 3.47. The average molecular weight is 437 g/mol. The van der Waals surface area contributed by atoms with Crippen molar-refractivity contribution in [3.63, 3.8) is 0 Å². The van der Waals surface area contributed by atoms with Crippen molar-refractivity contribution in [1.29, 1.82) is 0 Å². The summed E-state index contributed by atoms with van der Waals surface area (Å²) in [6.45, 7) is 6.77. The van der Waals surface area contributed by atoms with Crippen molar-refractivity contribution in [2.24, 2.45) is 0 Å². The highest BCUT2D eigenvalue weighted by molar-refractivity contribution is 6.25. The lowest BCUT2D eigenvalue weighted by molar-refractivity contribution is 0.590. The molecule has 164 valence electrons. The maximum atomic E-state index is 2.36. The minimum atomic E-state index is 0.175. The van der Waals surface area contributed by atoms with Gasteiger partial charge in [0.1, 0.15) is 0 Å². The Morgan fingerprint density at radius 3 is 1.18 bits per heavy atom. The average Bonchev–Trinajstić information content (AvgIpc) is 2.88. The highest BCUT2D eigenvalue weighted by Gasteiger charge is 2.13. The number of fused-ring (bicyclic) bond motifs is 6. The van der Waals surface area contributed by atoms with E-state index in [-0.39, 0.29) is 5.41 Å². The first kappa shape index (κ1) is 20.7. The van der Waals surface area contributed by atoms with Crippen molar-refractivity contribution in [3.05, 3.63) is 121 Å². The Kier molecular flexibility index (Phi) is 4.78. The Labute approximate surface area is 201 Å². The molecule has 0 atom stereocenters. The fourth-order valence-corrected chi connectivity index (χ4v) is 5.11. The number of benzene rings is 6. The quantitative estimate of drug-likeness (QED) is 0.237. The van der Waals surface area contributed by atoms with E-state index in [9.17, 15) is 0 Å². The molecule has 0 bridgehead atoms. The summed E-state index contributed by atoms with van der Waals surface area (Å²) >= 11 is 0. The van der Waals surface area contributed by atoms with E-state index in [4.69, 9.17) is 0 Å². The molecule has 0 unspecified atom stereocenters. The minimum Gasteiger partial charge on any atom is -0.0616 e. The van der Waals surface area contributed by atoms with Crippen LogP contribution in [0.2, 0.25) is 0 Å². The second-order valence-electron chi connectivity index (χ2n) is 10.3. The van der Waals surface area contributed by atoms with Gasteiger partial charge in [-0.2, -0.15) is 0 Å². The molecule has 0 N–H and O–H groups in total. The molecule has 0 saturated heterocycles. The van der Waals surface area contributed by atoms with E-state index in [0.29, 0.717) is 0 Å². The van der Waals surface area contributed by atoms with Crippen LogP contribution in [0.5, 0.6) is 0 Å². The molecule has 34 heavy (non-hydrogen) atoms.